The van der Waals surface area contributed by atoms with E-state index < -0.39 is 6.04 Å². The number of nitrogens with one attached hydrogen (secondary N) is 1. The van der Waals surface area contributed by atoms with Crippen LogP contribution in [-0.4, -0.2) is 44.2 Å². The van der Waals surface area contributed by atoms with Crippen LogP contribution >= 0.6 is 0 Å². The zero-order chi connectivity index (χ0) is 21.1. The van der Waals surface area contributed by atoms with Crippen LogP contribution in [-0.2, 0) is 17.8 Å². The molecule has 0 saturated heterocycles. The first-order valence-corrected chi connectivity index (χ1v) is 9.85. The van der Waals surface area contributed by atoms with E-state index in [1.165, 1.54) is 23.1 Å². The van der Waals surface area contributed by atoms with Gasteiger partial charge < -0.3 is 5.32 Å². The number of anilines is 1. The van der Waals surface area contributed by atoms with E-state index in [4.69, 9.17) is 0 Å². The van der Waals surface area contributed by atoms with Crippen molar-refractivity contribution in [1.82, 2.24) is 25.3 Å². The van der Waals surface area contributed by atoms with Crippen molar-refractivity contribution in [1.29, 1.82) is 0 Å². The number of amides is 1. The Morgan fingerprint density at radius 2 is 1.93 bits per heavy atom. The highest BCUT2D eigenvalue weighted by atomic mass is 16.2. The minimum atomic E-state index is -0.587. The van der Waals surface area contributed by atoms with Gasteiger partial charge in [-0.05, 0) is 30.5 Å². The van der Waals surface area contributed by atoms with Gasteiger partial charge in [0, 0.05) is 11.8 Å². The van der Waals surface area contributed by atoms with E-state index in [1.54, 1.807) is 13.1 Å². The molecular formula is C22H22N6O2. The second-order valence-electron chi connectivity index (χ2n) is 7.11. The van der Waals surface area contributed by atoms with Crippen molar-refractivity contribution in [2.24, 2.45) is 0 Å². The molecule has 0 fully saturated rings. The van der Waals surface area contributed by atoms with E-state index in [-0.39, 0.29) is 18.2 Å². The van der Waals surface area contributed by atoms with Crippen molar-refractivity contribution < 1.29 is 9.59 Å². The van der Waals surface area contributed by atoms with Crippen LogP contribution in [0.4, 0.5) is 5.69 Å². The van der Waals surface area contributed by atoms with Gasteiger partial charge in [0.15, 0.2) is 0 Å². The number of carbonyl (C=O) groups excluding carboxylic acids is 2. The van der Waals surface area contributed by atoms with Gasteiger partial charge in [-0.25, -0.2) is 15.0 Å². The molecule has 0 spiro atoms. The maximum Gasteiger partial charge on any atom is 0.241 e. The van der Waals surface area contributed by atoms with Crippen molar-refractivity contribution in [2.75, 3.05) is 11.4 Å². The molecule has 30 heavy (non-hydrogen) atoms. The molecule has 1 aromatic carbocycles. The molecular weight excluding hydrogens is 380 g/mol. The summed E-state index contributed by atoms with van der Waals surface area (Å²) in [5.41, 5.74) is 3.99. The minimum Gasteiger partial charge on any atom is -0.301 e. The van der Waals surface area contributed by atoms with Crippen LogP contribution in [0.15, 0.2) is 49.2 Å². The SMILES string of the molecule is CCc1cccc(-c2cnc3c(c2)N(C(=O)CNCc2ncncn2)C(C)C3=O)c1. The van der Waals surface area contributed by atoms with Crippen molar-refractivity contribution in [3.63, 3.8) is 0 Å². The molecule has 1 unspecified atom stereocenters. The first-order chi connectivity index (χ1) is 14.6. The van der Waals surface area contributed by atoms with E-state index in [2.05, 4.69) is 44.3 Å². The predicted molar refractivity (Wildman–Crippen MR) is 112 cm³/mol. The van der Waals surface area contributed by atoms with E-state index in [0.717, 1.165) is 17.5 Å². The maximum atomic E-state index is 12.9. The molecule has 3 aromatic rings. The smallest absolute Gasteiger partial charge is 0.241 e. The van der Waals surface area contributed by atoms with Gasteiger partial charge in [-0.2, -0.15) is 0 Å². The first-order valence-electron chi connectivity index (χ1n) is 9.85. The number of nitrogens with zero attached hydrogens (tertiary/aromatic N) is 5. The number of Topliss-reactive ketones (excluding diaryl/α,β-unsaturated/α-hetero) is 1. The lowest BCUT2D eigenvalue weighted by atomic mass is 10.0. The largest absolute Gasteiger partial charge is 0.301 e. The van der Waals surface area contributed by atoms with Crippen LogP contribution in [0.1, 0.15) is 35.7 Å². The van der Waals surface area contributed by atoms with Crippen LogP contribution in [0.5, 0.6) is 0 Å². The Hall–Kier alpha value is -3.52. The van der Waals surface area contributed by atoms with Gasteiger partial charge in [-0.3, -0.25) is 19.5 Å². The summed E-state index contributed by atoms with van der Waals surface area (Å²) in [5, 5.41) is 3.03. The molecule has 0 saturated carbocycles. The third kappa shape index (κ3) is 3.81. The molecule has 2 aromatic heterocycles. The topological polar surface area (TPSA) is 101 Å². The summed E-state index contributed by atoms with van der Waals surface area (Å²) < 4.78 is 0. The number of hydrogen-bond donors (Lipinski definition) is 1. The number of fused-ring (bicyclic) bond motifs is 1. The van der Waals surface area contributed by atoms with E-state index in [0.29, 0.717) is 23.8 Å². The van der Waals surface area contributed by atoms with Gasteiger partial charge in [0.25, 0.3) is 0 Å². The Morgan fingerprint density at radius 3 is 2.70 bits per heavy atom. The van der Waals surface area contributed by atoms with Gasteiger partial charge in [0.2, 0.25) is 11.7 Å². The third-order valence-electron chi connectivity index (χ3n) is 5.17. The summed E-state index contributed by atoms with van der Waals surface area (Å²) in [6.45, 7) is 4.22. The molecule has 1 N–H and O–H groups in total. The van der Waals surface area contributed by atoms with Gasteiger partial charge in [0.05, 0.1) is 24.8 Å². The number of rotatable bonds is 6. The van der Waals surface area contributed by atoms with Crippen molar-refractivity contribution in [3.05, 3.63) is 66.3 Å². The van der Waals surface area contributed by atoms with Crippen LogP contribution in [0, 0.1) is 0 Å². The van der Waals surface area contributed by atoms with E-state index in [1.807, 2.05) is 18.2 Å². The minimum absolute atomic E-state index is 0.0539. The van der Waals surface area contributed by atoms with Crippen LogP contribution in [0.2, 0.25) is 0 Å². The third-order valence-corrected chi connectivity index (χ3v) is 5.17. The summed E-state index contributed by atoms with van der Waals surface area (Å²) >= 11 is 0. The Bertz CT molecular complexity index is 1090. The number of benzene rings is 1. The summed E-state index contributed by atoms with van der Waals surface area (Å²) in [6, 6.07) is 9.48. The lowest BCUT2D eigenvalue weighted by Crippen LogP contribution is -2.43. The molecule has 0 radical (unpaired) electrons. The van der Waals surface area contributed by atoms with Crippen molar-refractivity contribution in [3.8, 4) is 11.1 Å². The molecule has 152 valence electrons. The standard InChI is InChI=1S/C22H22N6O2/c1-3-15-5-4-6-16(7-15)17-8-18-21(25-9-17)22(30)14(2)28(18)20(29)11-23-10-19-26-12-24-13-27-19/h4-9,12-14,23H,3,10-11H2,1-2H3. The second-order valence-corrected chi connectivity index (χ2v) is 7.11. The van der Waals surface area contributed by atoms with Crippen molar-refractivity contribution >= 4 is 17.4 Å². The molecule has 1 amide bonds. The zero-order valence-corrected chi connectivity index (χ0v) is 16.9. The summed E-state index contributed by atoms with van der Waals surface area (Å²) in [5.74, 6) is 0.193. The monoisotopic (exact) mass is 402 g/mol. The highest BCUT2D eigenvalue weighted by molar-refractivity contribution is 6.17. The summed E-state index contributed by atoms with van der Waals surface area (Å²) in [7, 11) is 0. The van der Waals surface area contributed by atoms with Gasteiger partial charge >= 0.3 is 0 Å². The maximum absolute atomic E-state index is 12.9. The average Bonchev–Trinajstić information content (AvgIpc) is 3.04. The van der Waals surface area contributed by atoms with Crippen LogP contribution in [0.3, 0.4) is 0 Å². The molecule has 8 nitrogen and oxygen atoms in total. The number of hydrogen-bond acceptors (Lipinski definition) is 7. The normalized spacial score (nSPS) is 15.3. The Morgan fingerprint density at radius 1 is 1.13 bits per heavy atom. The molecule has 4 rings (SSSR count). The average molecular weight is 402 g/mol. The number of aromatic nitrogens is 4. The predicted octanol–water partition coefficient (Wildman–Crippen LogP) is 2.20. The van der Waals surface area contributed by atoms with Crippen molar-refractivity contribution in [2.45, 2.75) is 32.9 Å². The van der Waals surface area contributed by atoms with Gasteiger partial charge in [-0.1, -0.05) is 31.2 Å². The van der Waals surface area contributed by atoms with E-state index in [9.17, 15) is 9.59 Å². The first kappa shape index (κ1) is 19.8. The number of ketones is 1. The molecule has 1 aliphatic heterocycles. The fraction of sp³-hybridized carbons (Fsp3) is 0.273. The molecule has 3 heterocycles. The molecule has 1 aliphatic rings. The molecule has 0 aliphatic carbocycles. The number of carbonyl (C=O) groups is 2. The zero-order valence-electron chi connectivity index (χ0n) is 16.9. The summed E-state index contributed by atoms with van der Waals surface area (Å²) in [4.78, 5) is 43.3. The highest BCUT2D eigenvalue weighted by Crippen LogP contribution is 2.34. The fourth-order valence-corrected chi connectivity index (χ4v) is 3.55. The van der Waals surface area contributed by atoms with Gasteiger partial charge in [0.1, 0.15) is 24.2 Å². The lowest BCUT2D eigenvalue weighted by molar-refractivity contribution is -0.118. The second kappa shape index (κ2) is 8.46. The van der Waals surface area contributed by atoms with E-state index >= 15 is 0 Å². The molecule has 8 heteroatoms. The van der Waals surface area contributed by atoms with Crippen LogP contribution in [0.25, 0.3) is 11.1 Å². The molecule has 0 bridgehead atoms. The Kier molecular flexibility index (Phi) is 5.58. The fourth-order valence-electron chi connectivity index (χ4n) is 3.55. The van der Waals surface area contributed by atoms with Gasteiger partial charge in [-0.15, -0.1) is 0 Å². The quantitative estimate of drug-likeness (QED) is 0.674. The lowest BCUT2D eigenvalue weighted by Gasteiger charge is -2.21. The summed E-state index contributed by atoms with van der Waals surface area (Å²) in [6.07, 6.45) is 5.44. The molecule has 1 atom stereocenters. The highest BCUT2D eigenvalue weighted by Gasteiger charge is 2.39. The Labute approximate surface area is 174 Å². The van der Waals surface area contributed by atoms with Crippen LogP contribution < -0.4 is 10.2 Å². The Balaban J connectivity index is 1.56. The number of aryl methyl sites for hydroxylation is 1. The number of pyridine rings is 1.